The number of halogens is 1. The van der Waals surface area contributed by atoms with Gasteiger partial charge in [-0.1, -0.05) is 41.6 Å². The van der Waals surface area contributed by atoms with Crippen LogP contribution < -0.4 is 10.6 Å². The fourth-order valence-corrected chi connectivity index (χ4v) is 4.12. The zero-order chi connectivity index (χ0) is 24.8. The van der Waals surface area contributed by atoms with Crippen molar-refractivity contribution in [1.82, 2.24) is 20.1 Å². The third-order valence-electron chi connectivity index (χ3n) is 5.02. The van der Waals surface area contributed by atoms with Crippen molar-refractivity contribution in [2.75, 3.05) is 5.32 Å². The molecule has 0 bridgehead atoms. The van der Waals surface area contributed by atoms with Gasteiger partial charge in [-0.2, -0.15) is 0 Å². The number of aryl methyl sites for hydroxylation is 1. The molecule has 3 aromatic carbocycles. The molecule has 1 aromatic heterocycles. The smallest absolute Gasteiger partial charge is 0.319 e. The first-order valence-corrected chi connectivity index (χ1v) is 11.6. The summed E-state index contributed by atoms with van der Waals surface area (Å²) < 4.78 is 14.9. The maximum absolute atomic E-state index is 13.2. The quantitative estimate of drug-likeness (QED) is 0.198. The number of non-ortho nitro benzene ring substituents is 1. The molecule has 178 valence electrons. The van der Waals surface area contributed by atoms with E-state index in [0.29, 0.717) is 28.1 Å². The zero-order valence-corrected chi connectivity index (χ0v) is 19.5. The average molecular weight is 493 g/mol. The minimum absolute atomic E-state index is 0.0421. The lowest BCUT2D eigenvalue weighted by molar-refractivity contribution is -0.384. The van der Waals surface area contributed by atoms with Crippen molar-refractivity contribution in [2.24, 2.45) is 0 Å². The summed E-state index contributed by atoms with van der Waals surface area (Å²) in [6.45, 7) is 2.03. The lowest BCUT2D eigenvalue weighted by atomic mass is 10.2. The Morgan fingerprint density at radius 1 is 1.03 bits per heavy atom. The van der Waals surface area contributed by atoms with Crippen molar-refractivity contribution in [2.45, 2.75) is 24.4 Å². The first-order valence-electron chi connectivity index (χ1n) is 10.6. The molecular formula is C24H21FN6O3S. The van der Waals surface area contributed by atoms with E-state index in [1.54, 1.807) is 41.0 Å². The second kappa shape index (κ2) is 10.8. The van der Waals surface area contributed by atoms with E-state index in [4.69, 9.17) is 0 Å². The van der Waals surface area contributed by atoms with Crippen molar-refractivity contribution in [3.63, 3.8) is 0 Å². The summed E-state index contributed by atoms with van der Waals surface area (Å²) >= 11 is 1.38. The van der Waals surface area contributed by atoms with Crippen molar-refractivity contribution >= 4 is 29.2 Å². The summed E-state index contributed by atoms with van der Waals surface area (Å²) in [5.74, 6) is 0.636. The Kier molecular flexibility index (Phi) is 7.36. The van der Waals surface area contributed by atoms with E-state index in [1.165, 1.54) is 36.0 Å². The summed E-state index contributed by atoms with van der Waals surface area (Å²) in [4.78, 5) is 23.0. The van der Waals surface area contributed by atoms with Crippen molar-refractivity contribution < 1.29 is 14.1 Å². The normalized spacial score (nSPS) is 10.7. The van der Waals surface area contributed by atoms with Gasteiger partial charge in [0.05, 0.1) is 11.5 Å². The van der Waals surface area contributed by atoms with E-state index >= 15 is 0 Å². The SMILES string of the molecule is Cc1ccc(NC(=O)NCc2nnc(SCc3ccc(F)cc3)n2-c2ccc([N+](=O)[O-])cc2)cc1. The highest BCUT2D eigenvalue weighted by molar-refractivity contribution is 7.98. The van der Waals surface area contributed by atoms with Crippen molar-refractivity contribution in [3.8, 4) is 5.69 Å². The van der Waals surface area contributed by atoms with Crippen LogP contribution in [0.5, 0.6) is 0 Å². The minimum atomic E-state index is -0.474. The number of nitrogens with one attached hydrogen (secondary N) is 2. The van der Waals surface area contributed by atoms with Crippen LogP contribution in [0.25, 0.3) is 5.69 Å². The predicted octanol–water partition coefficient (Wildman–Crippen LogP) is 5.24. The van der Waals surface area contributed by atoms with Crippen LogP contribution in [-0.2, 0) is 12.3 Å². The number of thioether (sulfide) groups is 1. The molecule has 0 saturated carbocycles. The van der Waals surface area contributed by atoms with Gasteiger partial charge in [0.2, 0.25) is 0 Å². The number of carbonyl (C=O) groups excluding carboxylic acids is 1. The Morgan fingerprint density at radius 3 is 2.37 bits per heavy atom. The van der Waals surface area contributed by atoms with Gasteiger partial charge in [-0.3, -0.25) is 14.7 Å². The molecule has 0 fully saturated rings. The molecule has 0 unspecified atom stereocenters. The van der Waals surface area contributed by atoms with E-state index in [0.717, 1.165) is 11.1 Å². The second-order valence-electron chi connectivity index (χ2n) is 7.60. The summed E-state index contributed by atoms with van der Waals surface area (Å²) in [5, 5.41) is 25.6. The summed E-state index contributed by atoms with van der Waals surface area (Å²) in [6, 6.07) is 19.1. The Hall–Kier alpha value is -4.25. The van der Waals surface area contributed by atoms with Crippen LogP contribution in [0.15, 0.2) is 78.0 Å². The van der Waals surface area contributed by atoms with E-state index in [9.17, 15) is 19.3 Å². The first kappa shape index (κ1) is 23.9. The highest BCUT2D eigenvalue weighted by Crippen LogP contribution is 2.26. The van der Waals surface area contributed by atoms with Crippen molar-refractivity contribution in [3.05, 3.63) is 106 Å². The molecule has 1 heterocycles. The van der Waals surface area contributed by atoms with Gasteiger partial charge in [0.15, 0.2) is 11.0 Å². The molecule has 0 radical (unpaired) electrons. The topological polar surface area (TPSA) is 115 Å². The summed E-state index contributed by atoms with van der Waals surface area (Å²) in [6.07, 6.45) is 0. The van der Waals surface area contributed by atoms with E-state index in [2.05, 4.69) is 20.8 Å². The third kappa shape index (κ3) is 6.21. The average Bonchev–Trinajstić information content (AvgIpc) is 3.26. The molecule has 0 atom stereocenters. The molecule has 2 amide bonds. The molecule has 35 heavy (non-hydrogen) atoms. The molecule has 0 aliphatic rings. The standard InChI is InChI=1S/C24H21FN6O3S/c1-16-2-8-19(9-3-16)27-23(32)26-14-22-28-29-24(35-15-17-4-6-18(25)7-5-17)30(22)20-10-12-21(13-11-20)31(33)34/h2-13H,14-15H2,1H3,(H2,26,27,32). The fraction of sp³-hybridized carbons (Fsp3) is 0.125. The van der Waals surface area contributed by atoms with Gasteiger partial charge in [-0.15, -0.1) is 10.2 Å². The summed E-state index contributed by atoms with van der Waals surface area (Å²) in [5.41, 5.74) is 3.20. The molecule has 4 rings (SSSR count). The van der Waals surface area contributed by atoms with Gasteiger partial charge in [0.1, 0.15) is 5.82 Å². The monoisotopic (exact) mass is 492 g/mol. The van der Waals surface area contributed by atoms with E-state index < -0.39 is 11.0 Å². The van der Waals surface area contributed by atoms with Crippen LogP contribution in [0, 0.1) is 22.9 Å². The Bertz CT molecular complexity index is 1330. The molecule has 11 heteroatoms. The maximum atomic E-state index is 13.2. The van der Waals surface area contributed by atoms with Crippen LogP contribution in [0.1, 0.15) is 17.0 Å². The Morgan fingerprint density at radius 2 is 1.71 bits per heavy atom. The molecule has 2 N–H and O–H groups in total. The molecule has 4 aromatic rings. The maximum Gasteiger partial charge on any atom is 0.319 e. The van der Waals surface area contributed by atoms with Gasteiger partial charge >= 0.3 is 6.03 Å². The van der Waals surface area contributed by atoms with Gasteiger partial charge in [-0.25, -0.2) is 9.18 Å². The van der Waals surface area contributed by atoms with Crippen LogP contribution in [0.2, 0.25) is 0 Å². The Labute approximate surface area is 204 Å². The van der Waals surface area contributed by atoms with Crippen LogP contribution >= 0.6 is 11.8 Å². The number of urea groups is 1. The van der Waals surface area contributed by atoms with Crippen LogP contribution in [0.4, 0.5) is 20.6 Å². The van der Waals surface area contributed by atoms with E-state index in [-0.39, 0.29) is 18.0 Å². The van der Waals surface area contributed by atoms with Crippen LogP contribution in [-0.4, -0.2) is 25.7 Å². The van der Waals surface area contributed by atoms with Crippen molar-refractivity contribution in [1.29, 1.82) is 0 Å². The van der Waals surface area contributed by atoms with Gasteiger partial charge in [0, 0.05) is 29.3 Å². The fourth-order valence-electron chi connectivity index (χ4n) is 3.19. The lowest BCUT2D eigenvalue weighted by Gasteiger charge is -2.12. The number of rotatable bonds is 8. The first-order chi connectivity index (χ1) is 16.9. The number of hydrogen-bond acceptors (Lipinski definition) is 6. The predicted molar refractivity (Wildman–Crippen MR) is 131 cm³/mol. The number of carbonyl (C=O) groups is 1. The highest BCUT2D eigenvalue weighted by Gasteiger charge is 2.17. The lowest BCUT2D eigenvalue weighted by Crippen LogP contribution is -2.29. The molecule has 0 spiro atoms. The zero-order valence-electron chi connectivity index (χ0n) is 18.6. The molecule has 0 saturated heterocycles. The molecule has 0 aliphatic heterocycles. The second-order valence-corrected chi connectivity index (χ2v) is 8.54. The number of aromatic nitrogens is 3. The number of nitrogens with zero attached hydrogens (tertiary/aromatic N) is 4. The van der Waals surface area contributed by atoms with Gasteiger partial charge in [-0.05, 0) is 48.9 Å². The number of benzene rings is 3. The molecule has 0 aliphatic carbocycles. The number of hydrogen-bond donors (Lipinski definition) is 2. The largest absolute Gasteiger partial charge is 0.331 e. The molecular weight excluding hydrogens is 471 g/mol. The number of nitro benzene ring substituents is 1. The van der Waals surface area contributed by atoms with E-state index in [1.807, 2.05) is 19.1 Å². The number of nitro groups is 1. The van der Waals surface area contributed by atoms with Gasteiger partial charge < -0.3 is 10.6 Å². The summed E-state index contributed by atoms with van der Waals surface area (Å²) in [7, 11) is 0. The highest BCUT2D eigenvalue weighted by atomic mass is 32.2. The Balaban J connectivity index is 1.53. The third-order valence-corrected chi connectivity index (χ3v) is 6.02. The minimum Gasteiger partial charge on any atom is -0.331 e. The van der Waals surface area contributed by atoms with Crippen LogP contribution in [0.3, 0.4) is 0 Å². The van der Waals surface area contributed by atoms with Gasteiger partial charge in [0.25, 0.3) is 5.69 Å². The molecule has 9 nitrogen and oxygen atoms in total. The number of amides is 2. The number of anilines is 1.